The van der Waals surface area contributed by atoms with Crippen molar-refractivity contribution in [3.63, 3.8) is 0 Å². The summed E-state index contributed by atoms with van der Waals surface area (Å²) in [4.78, 5) is 0. The Kier molecular flexibility index (Phi) is 3.95. The van der Waals surface area contributed by atoms with Crippen LogP contribution in [0.25, 0.3) is 0 Å². The molecule has 0 radical (unpaired) electrons. The van der Waals surface area contributed by atoms with Crippen molar-refractivity contribution in [2.45, 2.75) is 19.8 Å². The molecular formula is C16H19NO2. The Morgan fingerprint density at radius 3 is 2.16 bits per heavy atom. The van der Waals surface area contributed by atoms with Crippen LogP contribution in [0, 0.1) is 0 Å². The maximum Gasteiger partial charge on any atom is 0.153 e. The molecular weight excluding hydrogens is 238 g/mol. The molecule has 0 amide bonds. The molecule has 0 unspecified atom stereocenters. The van der Waals surface area contributed by atoms with Crippen LogP contribution in [0.3, 0.4) is 0 Å². The Bertz CT molecular complexity index is 547. The van der Waals surface area contributed by atoms with Crippen LogP contribution in [-0.4, -0.2) is 7.11 Å². The zero-order valence-corrected chi connectivity index (χ0v) is 11.5. The standard InChI is InChI=1S/C16H19NO2/c1-11(2)12-4-6-13(7-5-12)19-16-10-14(18-3)8-9-15(16)17/h4-11H,17H2,1-3H3. The van der Waals surface area contributed by atoms with Crippen LogP contribution in [0.15, 0.2) is 42.5 Å². The summed E-state index contributed by atoms with van der Waals surface area (Å²) >= 11 is 0. The minimum atomic E-state index is 0.510. The monoisotopic (exact) mass is 257 g/mol. The topological polar surface area (TPSA) is 44.5 Å². The van der Waals surface area contributed by atoms with Gasteiger partial charge in [-0.2, -0.15) is 0 Å². The van der Waals surface area contributed by atoms with E-state index in [2.05, 4.69) is 26.0 Å². The molecule has 0 fully saturated rings. The molecule has 2 aromatic rings. The molecule has 0 saturated heterocycles. The van der Waals surface area contributed by atoms with Gasteiger partial charge >= 0.3 is 0 Å². The molecule has 0 aromatic heterocycles. The molecule has 0 bridgehead atoms. The predicted octanol–water partition coefficient (Wildman–Crippen LogP) is 4.19. The predicted molar refractivity (Wildman–Crippen MR) is 78.0 cm³/mol. The third kappa shape index (κ3) is 3.19. The van der Waals surface area contributed by atoms with E-state index in [-0.39, 0.29) is 0 Å². The maximum atomic E-state index is 5.89. The van der Waals surface area contributed by atoms with Crippen LogP contribution in [0.1, 0.15) is 25.3 Å². The number of benzene rings is 2. The first-order chi connectivity index (χ1) is 9.10. The fraction of sp³-hybridized carbons (Fsp3) is 0.250. The molecule has 0 spiro atoms. The largest absolute Gasteiger partial charge is 0.497 e. The van der Waals surface area contributed by atoms with Crippen molar-refractivity contribution in [2.24, 2.45) is 0 Å². The molecule has 19 heavy (non-hydrogen) atoms. The number of methoxy groups -OCH3 is 1. The summed E-state index contributed by atoms with van der Waals surface area (Å²) in [7, 11) is 1.62. The third-order valence-electron chi connectivity index (χ3n) is 3.00. The molecule has 0 saturated carbocycles. The molecule has 0 aliphatic heterocycles. The zero-order chi connectivity index (χ0) is 13.8. The number of rotatable bonds is 4. The quantitative estimate of drug-likeness (QED) is 0.835. The van der Waals surface area contributed by atoms with Crippen molar-refractivity contribution < 1.29 is 9.47 Å². The first-order valence-electron chi connectivity index (χ1n) is 6.31. The van der Waals surface area contributed by atoms with E-state index in [0.29, 0.717) is 17.4 Å². The molecule has 3 heteroatoms. The minimum Gasteiger partial charge on any atom is -0.497 e. The lowest BCUT2D eigenvalue weighted by atomic mass is 10.0. The van der Waals surface area contributed by atoms with Crippen molar-refractivity contribution in [3.05, 3.63) is 48.0 Å². The summed E-state index contributed by atoms with van der Waals surface area (Å²) in [6.07, 6.45) is 0. The molecule has 0 atom stereocenters. The van der Waals surface area contributed by atoms with Crippen LogP contribution in [0.2, 0.25) is 0 Å². The number of nitrogen functional groups attached to an aromatic ring is 1. The van der Waals surface area contributed by atoms with Crippen molar-refractivity contribution >= 4 is 5.69 Å². The lowest BCUT2D eigenvalue weighted by molar-refractivity contribution is 0.409. The van der Waals surface area contributed by atoms with E-state index in [0.717, 1.165) is 11.5 Å². The number of nitrogens with two attached hydrogens (primary N) is 1. The highest BCUT2D eigenvalue weighted by Crippen LogP contribution is 2.31. The van der Waals surface area contributed by atoms with Crippen LogP contribution in [-0.2, 0) is 0 Å². The van der Waals surface area contributed by atoms with Crippen LogP contribution in [0.4, 0.5) is 5.69 Å². The van der Waals surface area contributed by atoms with Gasteiger partial charge in [0.1, 0.15) is 11.5 Å². The summed E-state index contributed by atoms with van der Waals surface area (Å²) in [5.41, 5.74) is 7.76. The molecule has 2 rings (SSSR count). The van der Waals surface area contributed by atoms with Gasteiger partial charge in [-0.1, -0.05) is 26.0 Å². The lowest BCUT2D eigenvalue weighted by Gasteiger charge is -2.11. The normalized spacial score (nSPS) is 10.5. The first kappa shape index (κ1) is 13.3. The molecule has 0 aliphatic carbocycles. The van der Waals surface area contributed by atoms with E-state index in [1.165, 1.54) is 5.56 Å². The van der Waals surface area contributed by atoms with Gasteiger partial charge in [0.05, 0.1) is 12.8 Å². The summed E-state index contributed by atoms with van der Waals surface area (Å²) < 4.78 is 10.9. The van der Waals surface area contributed by atoms with E-state index in [9.17, 15) is 0 Å². The number of ether oxygens (including phenoxy) is 2. The zero-order valence-electron chi connectivity index (χ0n) is 11.5. The van der Waals surface area contributed by atoms with Gasteiger partial charge in [-0.25, -0.2) is 0 Å². The minimum absolute atomic E-state index is 0.510. The van der Waals surface area contributed by atoms with E-state index in [1.807, 2.05) is 18.2 Å². The summed E-state index contributed by atoms with van der Waals surface area (Å²) in [5.74, 6) is 2.61. The molecule has 2 aromatic carbocycles. The molecule has 0 heterocycles. The highest BCUT2D eigenvalue weighted by Gasteiger charge is 2.05. The van der Waals surface area contributed by atoms with E-state index < -0.39 is 0 Å². The van der Waals surface area contributed by atoms with Gasteiger partial charge in [0.2, 0.25) is 0 Å². The van der Waals surface area contributed by atoms with Crippen molar-refractivity contribution in [3.8, 4) is 17.2 Å². The van der Waals surface area contributed by atoms with Gasteiger partial charge in [0.15, 0.2) is 5.75 Å². The van der Waals surface area contributed by atoms with E-state index in [4.69, 9.17) is 15.2 Å². The van der Waals surface area contributed by atoms with Gasteiger partial charge in [0.25, 0.3) is 0 Å². The molecule has 2 N–H and O–H groups in total. The fourth-order valence-electron chi connectivity index (χ4n) is 1.78. The number of anilines is 1. The van der Waals surface area contributed by atoms with Crippen LogP contribution < -0.4 is 15.2 Å². The second-order valence-electron chi connectivity index (χ2n) is 4.73. The van der Waals surface area contributed by atoms with Crippen molar-refractivity contribution in [1.29, 1.82) is 0 Å². The fourth-order valence-corrected chi connectivity index (χ4v) is 1.78. The average Bonchev–Trinajstić information content (AvgIpc) is 2.42. The Balaban J connectivity index is 2.20. The Morgan fingerprint density at radius 2 is 1.58 bits per heavy atom. The SMILES string of the molecule is COc1ccc(N)c(Oc2ccc(C(C)C)cc2)c1. The number of hydrogen-bond acceptors (Lipinski definition) is 3. The van der Waals surface area contributed by atoms with Crippen molar-refractivity contribution in [1.82, 2.24) is 0 Å². The first-order valence-corrected chi connectivity index (χ1v) is 6.31. The highest BCUT2D eigenvalue weighted by atomic mass is 16.5. The molecule has 100 valence electrons. The maximum absolute atomic E-state index is 5.89. The Hall–Kier alpha value is -2.16. The summed E-state index contributed by atoms with van der Waals surface area (Å²) in [5, 5.41) is 0. The van der Waals surface area contributed by atoms with Gasteiger partial charge in [-0.15, -0.1) is 0 Å². The lowest BCUT2D eigenvalue weighted by Crippen LogP contribution is -1.94. The third-order valence-corrected chi connectivity index (χ3v) is 3.00. The second kappa shape index (κ2) is 5.65. The Labute approximate surface area is 114 Å². The van der Waals surface area contributed by atoms with Gasteiger partial charge < -0.3 is 15.2 Å². The highest BCUT2D eigenvalue weighted by molar-refractivity contribution is 5.57. The van der Waals surface area contributed by atoms with E-state index in [1.54, 1.807) is 19.2 Å². The van der Waals surface area contributed by atoms with Crippen molar-refractivity contribution in [2.75, 3.05) is 12.8 Å². The van der Waals surface area contributed by atoms with Gasteiger partial charge in [0, 0.05) is 6.07 Å². The number of hydrogen-bond donors (Lipinski definition) is 1. The smallest absolute Gasteiger partial charge is 0.153 e. The summed E-state index contributed by atoms with van der Waals surface area (Å²) in [6, 6.07) is 13.4. The second-order valence-corrected chi connectivity index (χ2v) is 4.73. The van der Waals surface area contributed by atoms with Crippen LogP contribution in [0.5, 0.6) is 17.2 Å². The van der Waals surface area contributed by atoms with Crippen LogP contribution >= 0.6 is 0 Å². The Morgan fingerprint density at radius 1 is 0.947 bits per heavy atom. The van der Waals surface area contributed by atoms with Gasteiger partial charge in [-0.05, 0) is 35.7 Å². The molecule has 0 aliphatic rings. The summed E-state index contributed by atoms with van der Waals surface area (Å²) in [6.45, 7) is 4.33. The van der Waals surface area contributed by atoms with Gasteiger partial charge in [-0.3, -0.25) is 0 Å². The average molecular weight is 257 g/mol. The molecule has 3 nitrogen and oxygen atoms in total. The van der Waals surface area contributed by atoms with E-state index >= 15 is 0 Å².